The van der Waals surface area contributed by atoms with Crippen LogP contribution in [0, 0.1) is 23.7 Å². The summed E-state index contributed by atoms with van der Waals surface area (Å²) in [5.41, 5.74) is 0. The van der Waals surface area contributed by atoms with E-state index in [-0.39, 0.29) is 0 Å². The molecule has 0 aromatic heterocycles. The van der Waals surface area contributed by atoms with Crippen molar-refractivity contribution in [2.75, 3.05) is 7.11 Å². The first-order valence-corrected chi connectivity index (χ1v) is 4.79. The molecule has 0 amide bonds. The van der Waals surface area contributed by atoms with Crippen LogP contribution in [0.2, 0.25) is 0 Å². The highest BCUT2D eigenvalue weighted by Gasteiger charge is 2.48. The standard InChI is InChI=1S/C11H14O/c1-12-10-5-4-9-7-2-3-8(6-7)11(9)10/h2-5,7-11H,6H2,1H3/t7-,8+,9?,10+,11?/m1/s1. The van der Waals surface area contributed by atoms with Gasteiger partial charge < -0.3 is 4.74 Å². The van der Waals surface area contributed by atoms with Gasteiger partial charge >= 0.3 is 0 Å². The summed E-state index contributed by atoms with van der Waals surface area (Å²) >= 11 is 0. The first-order chi connectivity index (χ1) is 5.90. The first-order valence-electron chi connectivity index (χ1n) is 4.79. The number of hydrogen-bond acceptors (Lipinski definition) is 1. The van der Waals surface area contributed by atoms with Crippen LogP contribution in [0.5, 0.6) is 0 Å². The van der Waals surface area contributed by atoms with E-state index < -0.39 is 0 Å². The predicted molar refractivity (Wildman–Crippen MR) is 47.7 cm³/mol. The van der Waals surface area contributed by atoms with E-state index in [1.54, 1.807) is 0 Å². The molecular weight excluding hydrogens is 148 g/mol. The van der Waals surface area contributed by atoms with Crippen LogP contribution in [0.25, 0.3) is 0 Å². The first kappa shape index (κ1) is 6.90. The molecule has 2 bridgehead atoms. The number of ether oxygens (including phenoxy) is 1. The summed E-state index contributed by atoms with van der Waals surface area (Å²) in [6.45, 7) is 0. The van der Waals surface area contributed by atoms with Crippen molar-refractivity contribution in [1.82, 2.24) is 0 Å². The summed E-state index contributed by atoms with van der Waals surface area (Å²) in [6.07, 6.45) is 11.2. The topological polar surface area (TPSA) is 9.23 Å². The van der Waals surface area contributed by atoms with E-state index in [4.69, 9.17) is 4.74 Å². The molecule has 3 rings (SSSR count). The van der Waals surface area contributed by atoms with E-state index in [1.807, 2.05) is 7.11 Å². The van der Waals surface area contributed by atoms with Crippen LogP contribution >= 0.6 is 0 Å². The van der Waals surface area contributed by atoms with Crippen LogP contribution in [0.3, 0.4) is 0 Å². The third-order valence-electron chi connectivity index (χ3n) is 3.76. The molecule has 3 aliphatic rings. The summed E-state index contributed by atoms with van der Waals surface area (Å²) in [6, 6.07) is 0. The fourth-order valence-electron chi connectivity index (χ4n) is 3.23. The molecule has 0 aromatic rings. The van der Waals surface area contributed by atoms with E-state index in [2.05, 4.69) is 24.3 Å². The number of hydrogen-bond donors (Lipinski definition) is 0. The molecule has 0 saturated heterocycles. The van der Waals surface area contributed by atoms with Crippen molar-refractivity contribution in [2.45, 2.75) is 12.5 Å². The maximum Gasteiger partial charge on any atom is 0.0791 e. The van der Waals surface area contributed by atoms with Gasteiger partial charge in [0.2, 0.25) is 0 Å². The van der Waals surface area contributed by atoms with Gasteiger partial charge in [-0.3, -0.25) is 0 Å². The van der Waals surface area contributed by atoms with Gasteiger partial charge in [-0.15, -0.1) is 0 Å². The summed E-state index contributed by atoms with van der Waals surface area (Å²) in [7, 11) is 1.83. The second-order valence-electron chi connectivity index (χ2n) is 4.19. The SMILES string of the molecule is CO[C@H]1C=CC2C1[C@H]1C=C[C@@H]2C1. The maximum absolute atomic E-state index is 5.46. The van der Waals surface area contributed by atoms with Crippen LogP contribution < -0.4 is 0 Å². The molecule has 1 saturated carbocycles. The lowest BCUT2D eigenvalue weighted by molar-refractivity contribution is 0.0765. The van der Waals surface area contributed by atoms with Crippen molar-refractivity contribution in [3.8, 4) is 0 Å². The Kier molecular flexibility index (Phi) is 1.28. The Morgan fingerprint density at radius 2 is 1.92 bits per heavy atom. The predicted octanol–water partition coefficient (Wildman–Crippen LogP) is 2.01. The summed E-state index contributed by atoms with van der Waals surface area (Å²) in [4.78, 5) is 0. The van der Waals surface area contributed by atoms with Crippen molar-refractivity contribution in [3.05, 3.63) is 24.3 Å². The van der Waals surface area contributed by atoms with Crippen LogP contribution in [0.4, 0.5) is 0 Å². The molecule has 5 atom stereocenters. The monoisotopic (exact) mass is 162 g/mol. The van der Waals surface area contributed by atoms with E-state index >= 15 is 0 Å². The minimum atomic E-state index is 0.398. The van der Waals surface area contributed by atoms with E-state index in [1.165, 1.54) is 6.42 Å². The van der Waals surface area contributed by atoms with Crippen molar-refractivity contribution >= 4 is 0 Å². The van der Waals surface area contributed by atoms with Crippen molar-refractivity contribution in [1.29, 1.82) is 0 Å². The zero-order valence-corrected chi connectivity index (χ0v) is 7.31. The number of allylic oxidation sites excluding steroid dienone is 3. The minimum absolute atomic E-state index is 0.398. The molecule has 0 N–H and O–H groups in total. The van der Waals surface area contributed by atoms with Crippen LogP contribution in [0.1, 0.15) is 6.42 Å². The second kappa shape index (κ2) is 2.23. The van der Waals surface area contributed by atoms with Gasteiger partial charge in [-0.2, -0.15) is 0 Å². The number of rotatable bonds is 1. The lowest BCUT2D eigenvalue weighted by Crippen LogP contribution is -2.25. The largest absolute Gasteiger partial charge is 0.377 e. The quantitative estimate of drug-likeness (QED) is 0.536. The highest BCUT2D eigenvalue weighted by molar-refractivity contribution is 5.24. The molecule has 12 heavy (non-hydrogen) atoms. The molecule has 3 aliphatic carbocycles. The Morgan fingerprint density at radius 1 is 1.08 bits per heavy atom. The Hall–Kier alpha value is -0.560. The molecule has 64 valence electrons. The average Bonchev–Trinajstić information content (AvgIpc) is 2.76. The van der Waals surface area contributed by atoms with Crippen molar-refractivity contribution in [3.63, 3.8) is 0 Å². The minimum Gasteiger partial charge on any atom is -0.377 e. The molecular formula is C11H14O. The molecule has 0 aliphatic heterocycles. The summed E-state index contributed by atoms with van der Waals surface area (Å²) < 4.78 is 5.46. The van der Waals surface area contributed by atoms with Gasteiger partial charge in [-0.05, 0) is 24.2 Å². The Labute approximate surface area is 73.1 Å². The van der Waals surface area contributed by atoms with E-state index in [0.29, 0.717) is 6.10 Å². The number of fused-ring (bicyclic) bond motifs is 5. The Bertz CT molecular complexity index is 254. The van der Waals surface area contributed by atoms with Gasteiger partial charge in [0.1, 0.15) is 0 Å². The summed E-state index contributed by atoms with van der Waals surface area (Å²) in [5.74, 6) is 3.20. The molecule has 0 radical (unpaired) electrons. The second-order valence-corrected chi connectivity index (χ2v) is 4.19. The molecule has 1 heteroatoms. The normalized spacial score (nSPS) is 53.6. The smallest absolute Gasteiger partial charge is 0.0791 e. The van der Waals surface area contributed by atoms with Gasteiger partial charge in [-0.25, -0.2) is 0 Å². The van der Waals surface area contributed by atoms with Gasteiger partial charge in [0.15, 0.2) is 0 Å². The van der Waals surface area contributed by atoms with Gasteiger partial charge in [0.05, 0.1) is 6.10 Å². The molecule has 0 heterocycles. The molecule has 2 unspecified atom stereocenters. The van der Waals surface area contributed by atoms with Gasteiger partial charge in [0, 0.05) is 13.0 Å². The highest BCUT2D eigenvalue weighted by Crippen LogP contribution is 2.53. The maximum atomic E-state index is 5.46. The fourth-order valence-corrected chi connectivity index (χ4v) is 3.23. The van der Waals surface area contributed by atoms with Crippen LogP contribution in [0.15, 0.2) is 24.3 Å². The third kappa shape index (κ3) is 0.680. The Morgan fingerprint density at radius 3 is 2.75 bits per heavy atom. The molecule has 1 nitrogen and oxygen atoms in total. The third-order valence-corrected chi connectivity index (χ3v) is 3.76. The Balaban J connectivity index is 1.94. The van der Waals surface area contributed by atoms with Crippen molar-refractivity contribution < 1.29 is 4.74 Å². The van der Waals surface area contributed by atoms with Crippen LogP contribution in [-0.4, -0.2) is 13.2 Å². The molecule has 0 spiro atoms. The number of methoxy groups -OCH3 is 1. The zero-order valence-electron chi connectivity index (χ0n) is 7.31. The van der Waals surface area contributed by atoms with Gasteiger partial charge in [0.25, 0.3) is 0 Å². The lowest BCUT2D eigenvalue weighted by atomic mass is 9.84. The van der Waals surface area contributed by atoms with E-state index in [9.17, 15) is 0 Å². The van der Waals surface area contributed by atoms with Gasteiger partial charge in [-0.1, -0.05) is 24.3 Å². The highest BCUT2D eigenvalue weighted by atomic mass is 16.5. The van der Waals surface area contributed by atoms with Crippen molar-refractivity contribution in [2.24, 2.45) is 23.7 Å². The molecule has 0 aromatic carbocycles. The zero-order chi connectivity index (χ0) is 8.13. The van der Waals surface area contributed by atoms with Crippen LogP contribution in [-0.2, 0) is 4.74 Å². The average molecular weight is 162 g/mol. The van der Waals surface area contributed by atoms with E-state index in [0.717, 1.165) is 23.7 Å². The summed E-state index contributed by atoms with van der Waals surface area (Å²) in [5, 5.41) is 0. The lowest BCUT2D eigenvalue weighted by Gasteiger charge is -2.24. The fraction of sp³-hybridized carbons (Fsp3) is 0.636. The molecule has 1 fully saturated rings.